The molecule has 5 atom stereocenters. The molecule has 1 saturated heterocycles. The number of nitrogens with two attached hydrogens (primary N) is 1. The number of benzene rings is 1. The first-order chi connectivity index (χ1) is 20.1. The van der Waals surface area contributed by atoms with Gasteiger partial charge in [0.15, 0.2) is 22.6 Å². The van der Waals surface area contributed by atoms with Crippen molar-refractivity contribution in [3.63, 3.8) is 0 Å². The second-order valence-corrected chi connectivity index (χ2v) is 12.7. The molecule has 1 aromatic carbocycles. The molecule has 1 aliphatic heterocycles. The molecular weight excluding hydrogens is 568 g/mol. The third-order valence-electron chi connectivity index (χ3n) is 7.48. The quantitative estimate of drug-likeness (QED) is 0.150. The molecule has 1 aliphatic carbocycles. The largest absolute Gasteiger partial charge is 0.462 e. The molecule has 3 N–H and O–H groups in total. The first kappa shape index (κ1) is 29.9. The Labute approximate surface area is 242 Å². The van der Waals surface area contributed by atoms with E-state index in [-0.39, 0.29) is 41.4 Å². The van der Waals surface area contributed by atoms with Crippen molar-refractivity contribution in [3.8, 4) is 18.1 Å². The average molecular weight is 602 g/mol. The number of fused-ring (bicyclic) bond motifs is 1. The minimum atomic E-state index is -4.06. The van der Waals surface area contributed by atoms with E-state index >= 15 is 0 Å². The maximum Gasteiger partial charge on any atom is 0.380 e. The summed E-state index contributed by atoms with van der Waals surface area (Å²) >= 11 is 0. The second-order valence-electron chi connectivity index (χ2n) is 10.6. The van der Waals surface area contributed by atoms with Gasteiger partial charge in [-0.25, -0.2) is 9.55 Å². The summed E-state index contributed by atoms with van der Waals surface area (Å²) in [5.74, 6) is 1.22. The molecule has 224 valence electrons. The van der Waals surface area contributed by atoms with Gasteiger partial charge in [-0.3, -0.25) is 13.9 Å². The fraction of sp³-hybridized carbons (Fsp3) is 0.500. The SMILES string of the molecule is C#C[C@]1(CO[P@@](=O)(C[C@@H](C)C(=O)OC2CCCCC2)Oc2ccccc2)O[C@@H](n2cnc3c(N)nc(F)nc32)C[C@@H]1O. The van der Waals surface area contributed by atoms with Crippen LogP contribution in [0.4, 0.5) is 10.2 Å². The number of para-hydroxylation sites is 1. The van der Waals surface area contributed by atoms with E-state index < -0.39 is 50.1 Å². The normalized spacial score (nSPS) is 25.0. The minimum Gasteiger partial charge on any atom is -0.462 e. The first-order valence-electron chi connectivity index (χ1n) is 13.8. The fourth-order valence-electron chi connectivity index (χ4n) is 5.17. The predicted molar refractivity (Wildman–Crippen MR) is 150 cm³/mol. The number of aliphatic hydroxyl groups excluding tert-OH is 1. The molecule has 42 heavy (non-hydrogen) atoms. The lowest BCUT2D eigenvalue weighted by Crippen LogP contribution is -2.42. The fourth-order valence-corrected chi connectivity index (χ4v) is 7.05. The van der Waals surface area contributed by atoms with Crippen LogP contribution in [0.25, 0.3) is 11.2 Å². The van der Waals surface area contributed by atoms with Gasteiger partial charge in [0.05, 0.1) is 18.4 Å². The van der Waals surface area contributed by atoms with Gasteiger partial charge in [-0.1, -0.05) is 37.5 Å². The van der Waals surface area contributed by atoms with Gasteiger partial charge in [0.2, 0.25) is 0 Å². The molecule has 14 heteroatoms. The lowest BCUT2D eigenvalue weighted by atomic mass is 9.98. The van der Waals surface area contributed by atoms with Crippen LogP contribution in [0.15, 0.2) is 36.7 Å². The minimum absolute atomic E-state index is 0.0431. The third kappa shape index (κ3) is 6.42. The van der Waals surface area contributed by atoms with Gasteiger partial charge < -0.3 is 24.8 Å². The van der Waals surface area contributed by atoms with E-state index in [1.54, 1.807) is 37.3 Å². The zero-order chi connectivity index (χ0) is 29.9. The number of carbonyl (C=O) groups is 1. The van der Waals surface area contributed by atoms with Gasteiger partial charge in [0, 0.05) is 6.42 Å². The molecule has 0 spiro atoms. The van der Waals surface area contributed by atoms with Gasteiger partial charge in [0.1, 0.15) is 30.8 Å². The number of terminal acetylenes is 1. The number of imidazole rings is 1. The maximum atomic E-state index is 14.1. The molecule has 0 bridgehead atoms. The van der Waals surface area contributed by atoms with Gasteiger partial charge in [-0.05, 0) is 37.8 Å². The van der Waals surface area contributed by atoms with Gasteiger partial charge in [-0.2, -0.15) is 14.4 Å². The van der Waals surface area contributed by atoms with E-state index in [2.05, 4.69) is 20.9 Å². The van der Waals surface area contributed by atoms with Gasteiger partial charge in [0.25, 0.3) is 0 Å². The standard InChI is InChI=1S/C28H33FN5O7P/c1-3-28(21(35)14-22(40-28)34-17-31-23-24(30)32-27(29)33-25(23)34)16-38-42(37,41-20-12-8-5-9-13-20)15-18(2)26(36)39-19-10-6-4-7-11-19/h1,5,8-9,12-13,17-19,21-22,35H,4,6-7,10-11,14-16H2,2H3,(H2,30,32,33)/t18-,21+,22-,28-,42+/m1/s1. The van der Waals surface area contributed by atoms with Gasteiger partial charge >= 0.3 is 19.6 Å². The van der Waals surface area contributed by atoms with Crippen LogP contribution in [0.1, 0.15) is 51.7 Å². The third-order valence-corrected chi connectivity index (χ3v) is 9.49. The summed E-state index contributed by atoms with van der Waals surface area (Å²) in [6.45, 7) is 1.06. The van der Waals surface area contributed by atoms with E-state index in [4.69, 9.17) is 30.7 Å². The Morgan fingerprint density at radius 2 is 2.05 bits per heavy atom. The second kappa shape index (κ2) is 12.4. The molecule has 2 fully saturated rings. The van der Waals surface area contributed by atoms with Crippen LogP contribution in [0.2, 0.25) is 0 Å². The zero-order valence-corrected chi connectivity index (χ0v) is 24.0. The van der Waals surface area contributed by atoms with Crippen LogP contribution < -0.4 is 10.3 Å². The Morgan fingerprint density at radius 3 is 2.76 bits per heavy atom. The summed E-state index contributed by atoms with van der Waals surface area (Å²) in [4.78, 5) is 24.2. The van der Waals surface area contributed by atoms with Crippen LogP contribution in [-0.2, 0) is 23.4 Å². The van der Waals surface area contributed by atoms with E-state index in [9.17, 15) is 18.9 Å². The van der Waals surface area contributed by atoms with Crippen LogP contribution in [0, 0.1) is 24.3 Å². The Kier molecular flexibility index (Phi) is 8.80. The molecule has 0 radical (unpaired) electrons. The number of hydrogen-bond acceptors (Lipinski definition) is 11. The van der Waals surface area contributed by atoms with Crippen molar-refractivity contribution in [2.24, 2.45) is 5.92 Å². The number of carbonyl (C=O) groups excluding carboxylic acids is 1. The highest BCUT2D eigenvalue weighted by Gasteiger charge is 2.50. The maximum absolute atomic E-state index is 14.1. The van der Waals surface area contributed by atoms with Crippen molar-refractivity contribution >= 4 is 30.5 Å². The Balaban J connectivity index is 1.33. The number of aromatic nitrogens is 4. The van der Waals surface area contributed by atoms with E-state index in [0.29, 0.717) is 0 Å². The van der Waals surface area contributed by atoms with E-state index in [1.807, 2.05) is 0 Å². The lowest BCUT2D eigenvalue weighted by molar-refractivity contribution is -0.154. The summed E-state index contributed by atoms with van der Waals surface area (Å²) in [5.41, 5.74) is 4.20. The number of aliphatic hydroxyl groups is 1. The summed E-state index contributed by atoms with van der Waals surface area (Å²) in [6, 6.07) is 8.37. The summed E-state index contributed by atoms with van der Waals surface area (Å²) in [7, 11) is -4.06. The van der Waals surface area contributed by atoms with E-state index in [1.165, 1.54) is 10.9 Å². The Morgan fingerprint density at radius 1 is 1.31 bits per heavy atom. The molecule has 0 unspecified atom stereocenters. The predicted octanol–water partition coefficient (Wildman–Crippen LogP) is 4.00. The monoisotopic (exact) mass is 601 g/mol. The molecule has 3 heterocycles. The Hall–Kier alpha value is -3.56. The number of rotatable bonds is 10. The topological polar surface area (TPSA) is 161 Å². The number of nitrogens with zero attached hydrogens (tertiary/aromatic N) is 4. The molecule has 3 aromatic rings. The van der Waals surface area contributed by atoms with E-state index in [0.717, 1.165) is 32.1 Å². The molecule has 2 aliphatic rings. The first-order valence-corrected chi connectivity index (χ1v) is 15.5. The lowest BCUT2D eigenvalue weighted by Gasteiger charge is -2.30. The van der Waals surface area contributed by atoms with Crippen LogP contribution in [0.3, 0.4) is 0 Å². The Bertz CT molecular complexity index is 1510. The number of anilines is 1. The number of esters is 1. The van der Waals surface area contributed by atoms with Crippen molar-refractivity contribution in [3.05, 3.63) is 42.7 Å². The summed E-state index contributed by atoms with van der Waals surface area (Å²) in [6.07, 6.45) is 8.06. The summed E-state index contributed by atoms with van der Waals surface area (Å²) < 4.78 is 52.8. The van der Waals surface area contributed by atoms with Crippen molar-refractivity contribution in [1.82, 2.24) is 19.5 Å². The average Bonchev–Trinajstić information content (AvgIpc) is 3.54. The van der Waals surface area contributed by atoms with Crippen LogP contribution >= 0.6 is 7.60 Å². The zero-order valence-electron chi connectivity index (χ0n) is 23.1. The number of ether oxygens (including phenoxy) is 2. The molecule has 1 saturated carbocycles. The number of hydrogen-bond donors (Lipinski definition) is 2. The van der Waals surface area contributed by atoms with Crippen molar-refractivity contribution in [2.75, 3.05) is 18.5 Å². The molecule has 2 aromatic heterocycles. The van der Waals surface area contributed by atoms with Crippen LogP contribution in [0.5, 0.6) is 5.75 Å². The molecule has 5 rings (SSSR count). The summed E-state index contributed by atoms with van der Waals surface area (Å²) in [5, 5.41) is 11.0. The molecular formula is C28H33FN5O7P. The molecule has 0 amide bonds. The highest BCUT2D eigenvalue weighted by Crippen LogP contribution is 2.52. The smallest absolute Gasteiger partial charge is 0.380 e. The van der Waals surface area contributed by atoms with Crippen LogP contribution in [-0.4, -0.2) is 61.2 Å². The van der Waals surface area contributed by atoms with Gasteiger partial charge in [-0.15, -0.1) is 6.42 Å². The molecule has 12 nitrogen and oxygen atoms in total. The number of nitrogen functional groups attached to an aromatic ring is 1. The highest BCUT2D eigenvalue weighted by atomic mass is 31.2. The van der Waals surface area contributed by atoms with Crippen molar-refractivity contribution in [2.45, 2.75) is 69.5 Å². The van der Waals surface area contributed by atoms with Crippen molar-refractivity contribution < 1.29 is 37.4 Å². The highest BCUT2D eigenvalue weighted by molar-refractivity contribution is 7.54. The number of halogens is 1. The van der Waals surface area contributed by atoms with Crippen molar-refractivity contribution in [1.29, 1.82) is 0 Å².